The van der Waals surface area contributed by atoms with Gasteiger partial charge < -0.3 is 29.9 Å². The Labute approximate surface area is 350 Å². The number of imidazole rings is 1. The number of aryl methyl sites for hydroxylation is 1. The van der Waals surface area contributed by atoms with E-state index < -0.39 is 23.4 Å². The Kier molecular flexibility index (Phi) is 13.4. The first kappa shape index (κ1) is 43.1. The lowest BCUT2D eigenvalue weighted by atomic mass is 10.00. The molecule has 3 aromatic heterocycles. The number of hydrogen-bond acceptors (Lipinski definition) is 9. The first-order valence-corrected chi connectivity index (χ1v) is 19.6. The van der Waals surface area contributed by atoms with Gasteiger partial charge in [0.15, 0.2) is 17.5 Å². The fourth-order valence-electron chi connectivity index (χ4n) is 7.00. The molecule has 4 heterocycles. The second-order valence-corrected chi connectivity index (χ2v) is 15.1. The number of halogens is 3. The molecule has 6 rings (SSSR count). The topological polar surface area (TPSA) is 174 Å². The van der Waals surface area contributed by atoms with Crippen LogP contribution in [-0.2, 0) is 23.2 Å². The second kappa shape index (κ2) is 18.6. The first-order valence-electron chi connectivity index (χ1n) is 19.2. The number of nitrogens with zero attached hydrogens (tertiary/aromatic N) is 9. The molecule has 1 saturated heterocycles. The Balaban J connectivity index is 1.08. The van der Waals surface area contributed by atoms with Crippen molar-refractivity contribution in [2.75, 3.05) is 57.5 Å². The van der Waals surface area contributed by atoms with Gasteiger partial charge in [-0.25, -0.2) is 18.7 Å². The molecule has 1 atom stereocenters. The summed E-state index contributed by atoms with van der Waals surface area (Å²) in [5, 5.41) is 18.7. The van der Waals surface area contributed by atoms with E-state index in [1.807, 2.05) is 32.0 Å². The lowest BCUT2D eigenvalue weighted by Gasteiger charge is -2.36. The van der Waals surface area contributed by atoms with Gasteiger partial charge in [0.1, 0.15) is 18.3 Å². The predicted octanol–water partition coefficient (Wildman–Crippen LogP) is 5.61. The number of nitriles is 1. The minimum absolute atomic E-state index is 0.0651. The van der Waals surface area contributed by atoms with Gasteiger partial charge in [0.05, 0.1) is 40.1 Å². The van der Waals surface area contributed by atoms with Crippen LogP contribution in [-0.4, -0.2) is 109 Å². The SMILES string of the molecule is CCC(CCN(C)C)C(=O)N1CCN(C(=O)c2ccc(NC(=O)c3ncc(-c4ccc(-c5cn(CC(=O)Nc6ccc(C#N)nc6)nc5C)c(F)c4F)n3C)cc2Cl)CC1. The molecule has 18 heteroatoms. The van der Waals surface area contributed by atoms with Crippen molar-refractivity contribution in [1.29, 1.82) is 5.26 Å². The highest BCUT2D eigenvalue weighted by molar-refractivity contribution is 6.34. The number of hydrogen-bond donors (Lipinski definition) is 2. The number of anilines is 2. The van der Waals surface area contributed by atoms with Gasteiger partial charge in [-0.05, 0) is 76.8 Å². The fraction of sp³-hybridized carbons (Fsp3) is 0.333. The number of carbonyl (C=O) groups excluding carboxylic acids is 4. The summed E-state index contributed by atoms with van der Waals surface area (Å²) in [6.45, 7) is 5.79. The highest BCUT2D eigenvalue weighted by Gasteiger charge is 2.30. The largest absolute Gasteiger partial charge is 0.339 e. The molecule has 5 aromatic rings. The average Bonchev–Trinajstić information content (AvgIpc) is 3.79. The van der Waals surface area contributed by atoms with Crippen molar-refractivity contribution in [1.82, 2.24) is 39.0 Å². The molecule has 60 heavy (non-hydrogen) atoms. The molecule has 1 unspecified atom stereocenters. The Bertz CT molecular complexity index is 2470. The molecule has 0 bridgehead atoms. The Morgan fingerprint density at radius 2 is 1.60 bits per heavy atom. The van der Waals surface area contributed by atoms with Crippen molar-refractivity contribution >= 4 is 46.6 Å². The zero-order valence-corrected chi connectivity index (χ0v) is 34.6. The number of piperazine rings is 1. The molecule has 312 valence electrons. The van der Waals surface area contributed by atoms with Gasteiger partial charge in [0.25, 0.3) is 11.8 Å². The third-order valence-electron chi connectivity index (χ3n) is 10.4. The summed E-state index contributed by atoms with van der Waals surface area (Å²) in [6.07, 6.45) is 5.57. The minimum atomic E-state index is -1.18. The molecule has 1 aliphatic rings. The zero-order chi connectivity index (χ0) is 43.2. The van der Waals surface area contributed by atoms with Crippen LogP contribution in [0.15, 0.2) is 61.1 Å². The lowest BCUT2D eigenvalue weighted by molar-refractivity contribution is -0.137. The summed E-state index contributed by atoms with van der Waals surface area (Å²) in [5.74, 6) is -3.78. The normalized spacial score (nSPS) is 13.3. The summed E-state index contributed by atoms with van der Waals surface area (Å²) in [4.78, 5) is 66.1. The van der Waals surface area contributed by atoms with E-state index >= 15 is 8.78 Å². The van der Waals surface area contributed by atoms with Gasteiger partial charge in [-0.1, -0.05) is 24.6 Å². The maximum Gasteiger partial charge on any atom is 0.291 e. The van der Waals surface area contributed by atoms with Gasteiger partial charge in [-0.15, -0.1) is 0 Å². The van der Waals surface area contributed by atoms with Crippen molar-refractivity contribution < 1.29 is 28.0 Å². The zero-order valence-electron chi connectivity index (χ0n) is 33.8. The third-order valence-corrected chi connectivity index (χ3v) is 10.7. The molecule has 4 amide bonds. The van der Waals surface area contributed by atoms with Crippen molar-refractivity contribution in [2.45, 2.75) is 33.2 Å². The van der Waals surface area contributed by atoms with Crippen LogP contribution < -0.4 is 10.6 Å². The number of pyridine rings is 1. The van der Waals surface area contributed by atoms with Crippen LogP contribution >= 0.6 is 11.6 Å². The van der Waals surface area contributed by atoms with Crippen molar-refractivity contribution in [3.63, 3.8) is 0 Å². The average molecular weight is 840 g/mol. The monoisotopic (exact) mass is 839 g/mol. The molecule has 2 aromatic carbocycles. The predicted molar refractivity (Wildman–Crippen MR) is 221 cm³/mol. The number of carbonyl (C=O) groups is 4. The fourth-order valence-corrected chi connectivity index (χ4v) is 7.26. The molecular weight excluding hydrogens is 796 g/mol. The summed E-state index contributed by atoms with van der Waals surface area (Å²) < 4.78 is 34.1. The number of nitrogens with one attached hydrogen (secondary N) is 2. The summed E-state index contributed by atoms with van der Waals surface area (Å²) in [6, 6.07) is 12.1. The molecule has 2 N–H and O–H groups in total. The van der Waals surface area contributed by atoms with E-state index in [2.05, 4.69) is 30.6 Å². The number of aromatic nitrogens is 5. The molecule has 0 saturated carbocycles. The van der Waals surface area contributed by atoms with Gasteiger partial charge >= 0.3 is 0 Å². The number of rotatable bonds is 13. The molecule has 1 aliphatic heterocycles. The summed E-state index contributed by atoms with van der Waals surface area (Å²) in [7, 11) is 5.45. The highest BCUT2D eigenvalue weighted by atomic mass is 35.5. The molecule has 0 spiro atoms. The van der Waals surface area contributed by atoms with Crippen molar-refractivity contribution in [3.05, 3.63) is 100 Å². The van der Waals surface area contributed by atoms with E-state index in [9.17, 15) is 19.2 Å². The highest BCUT2D eigenvalue weighted by Crippen LogP contribution is 2.33. The van der Waals surface area contributed by atoms with Crippen LogP contribution in [0.25, 0.3) is 22.4 Å². The van der Waals surface area contributed by atoms with E-state index in [0.29, 0.717) is 37.6 Å². The van der Waals surface area contributed by atoms with E-state index in [-0.39, 0.29) is 74.5 Å². The Morgan fingerprint density at radius 3 is 2.25 bits per heavy atom. The quantitative estimate of drug-likeness (QED) is 0.153. The van der Waals surface area contributed by atoms with E-state index in [1.54, 1.807) is 11.8 Å². The van der Waals surface area contributed by atoms with Crippen LogP contribution in [0.3, 0.4) is 0 Å². The molecule has 1 fully saturated rings. The van der Waals surface area contributed by atoms with Crippen molar-refractivity contribution in [2.24, 2.45) is 13.0 Å². The first-order chi connectivity index (χ1) is 28.7. The van der Waals surface area contributed by atoms with Gasteiger partial charge in [0, 0.05) is 67.7 Å². The van der Waals surface area contributed by atoms with Gasteiger partial charge in [-0.3, -0.25) is 23.9 Å². The Morgan fingerprint density at radius 1 is 0.917 bits per heavy atom. The molecule has 0 aliphatic carbocycles. The lowest BCUT2D eigenvalue weighted by Crippen LogP contribution is -2.52. The standard InChI is InChI=1S/C42H44ClF2N11O4/c1-6-26(13-14-52(3)4)41(59)54-15-17-55(18-16-54)42(60)31-10-9-27(19-34(31)43)50-40(58)39-48-22-35(53(39)5)32-12-11-30(37(44)38(32)45)33-23-56(51-25(33)2)24-36(57)49-29-8-7-28(20-46)47-21-29/h7-12,19,21-23,26H,6,13-18,24H2,1-5H3,(H,49,57)(H,50,58). The second-order valence-electron chi connectivity index (χ2n) is 14.7. The van der Waals surface area contributed by atoms with E-state index in [1.165, 1.54) is 77.4 Å². The van der Waals surface area contributed by atoms with Crippen LogP contribution in [0.5, 0.6) is 0 Å². The number of benzene rings is 2. The maximum atomic E-state index is 15.8. The van der Waals surface area contributed by atoms with Gasteiger partial charge in [-0.2, -0.15) is 10.4 Å². The minimum Gasteiger partial charge on any atom is -0.339 e. The summed E-state index contributed by atoms with van der Waals surface area (Å²) in [5.41, 5.74) is 1.64. The molecular formula is C42H44ClF2N11O4. The van der Waals surface area contributed by atoms with Crippen molar-refractivity contribution in [3.8, 4) is 28.5 Å². The van der Waals surface area contributed by atoms with Gasteiger partial charge in [0.2, 0.25) is 11.8 Å². The van der Waals surface area contributed by atoms with E-state index in [4.69, 9.17) is 16.9 Å². The van der Waals surface area contributed by atoms with Crippen LogP contribution in [0.4, 0.5) is 20.2 Å². The molecule has 0 radical (unpaired) electrons. The third kappa shape index (κ3) is 9.51. The van der Waals surface area contributed by atoms with Crippen LogP contribution in [0.1, 0.15) is 52.1 Å². The molecule has 15 nitrogen and oxygen atoms in total. The number of amides is 4. The summed E-state index contributed by atoms with van der Waals surface area (Å²) >= 11 is 6.55. The smallest absolute Gasteiger partial charge is 0.291 e. The van der Waals surface area contributed by atoms with E-state index in [0.717, 1.165) is 19.4 Å². The van der Waals surface area contributed by atoms with Crippen LogP contribution in [0.2, 0.25) is 5.02 Å². The Hall–Kier alpha value is -6.51. The maximum absolute atomic E-state index is 15.8. The van der Waals surface area contributed by atoms with Crippen LogP contribution in [0, 0.1) is 35.8 Å².